The van der Waals surface area contributed by atoms with E-state index in [0.29, 0.717) is 22.9 Å². The Hall–Kier alpha value is -3.81. The van der Waals surface area contributed by atoms with Crippen LogP contribution in [0, 0.1) is 13.8 Å². The molecule has 1 heterocycles. The van der Waals surface area contributed by atoms with Crippen molar-refractivity contribution in [3.63, 3.8) is 0 Å². The summed E-state index contributed by atoms with van der Waals surface area (Å²) in [5.74, 6) is 0.961. The SMILES string of the molecule is COc1cc(NC(=O)Nc2nccn(-c3cc(C)cc(C)c3)c2=O)cc(OC)c1. The van der Waals surface area contributed by atoms with Gasteiger partial charge in [-0.2, -0.15) is 0 Å². The number of rotatable bonds is 5. The van der Waals surface area contributed by atoms with E-state index in [-0.39, 0.29) is 5.82 Å². The van der Waals surface area contributed by atoms with Crippen LogP contribution in [0.3, 0.4) is 0 Å². The van der Waals surface area contributed by atoms with Crippen molar-refractivity contribution in [3.05, 3.63) is 70.3 Å². The van der Waals surface area contributed by atoms with E-state index in [1.807, 2.05) is 32.0 Å². The van der Waals surface area contributed by atoms with Gasteiger partial charge in [-0.3, -0.25) is 14.7 Å². The quantitative estimate of drug-likeness (QED) is 0.691. The fourth-order valence-electron chi connectivity index (χ4n) is 2.94. The van der Waals surface area contributed by atoms with Gasteiger partial charge in [0.15, 0.2) is 0 Å². The van der Waals surface area contributed by atoms with E-state index in [1.165, 1.54) is 25.0 Å². The molecular weight excluding hydrogens is 372 g/mol. The van der Waals surface area contributed by atoms with E-state index in [4.69, 9.17) is 9.47 Å². The lowest BCUT2D eigenvalue weighted by Gasteiger charge is -2.12. The van der Waals surface area contributed by atoms with Gasteiger partial charge in [-0.05, 0) is 37.1 Å². The predicted molar refractivity (Wildman–Crippen MR) is 111 cm³/mol. The standard InChI is InChI=1S/C21H22N4O4/c1-13-7-14(2)9-16(8-13)25-6-5-22-19(20(25)26)24-21(27)23-15-10-17(28-3)12-18(11-15)29-4/h5-12H,1-4H3,(H2,22,23,24,27). The molecule has 8 heteroatoms. The van der Waals surface area contributed by atoms with Crippen molar-refractivity contribution in [2.75, 3.05) is 24.9 Å². The Morgan fingerprint density at radius 2 is 1.55 bits per heavy atom. The normalized spacial score (nSPS) is 10.3. The van der Waals surface area contributed by atoms with Crippen LogP contribution in [0.5, 0.6) is 11.5 Å². The molecule has 8 nitrogen and oxygen atoms in total. The van der Waals surface area contributed by atoms with Crippen LogP contribution in [0.15, 0.2) is 53.6 Å². The summed E-state index contributed by atoms with van der Waals surface area (Å²) >= 11 is 0. The lowest BCUT2D eigenvalue weighted by atomic mass is 10.1. The number of ether oxygens (including phenoxy) is 2. The molecule has 0 aliphatic rings. The van der Waals surface area contributed by atoms with Gasteiger partial charge in [-0.1, -0.05) is 6.07 Å². The number of hydrogen-bond acceptors (Lipinski definition) is 5. The number of urea groups is 1. The lowest BCUT2D eigenvalue weighted by molar-refractivity contribution is 0.262. The Kier molecular flexibility index (Phi) is 5.82. The Bertz CT molecular complexity index is 1070. The van der Waals surface area contributed by atoms with Crippen molar-refractivity contribution in [2.45, 2.75) is 13.8 Å². The van der Waals surface area contributed by atoms with Crippen molar-refractivity contribution < 1.29 is 14.3 Å². The second-order valence-electron chi connectivity index (χ2n) is 6.48. The maximum atomic E-state index is 12.8. The fourth-order valence-corrected chi connectivity index (χ4v) is 2.94. The number of anilines is 2. The number of nitrogens with one attached hydrogen (secondary N) is 2. The molecule has 0 aliphatic carbocycles. The summed E-state index contributed by atoms with van der Waals surface area (Å²) in [6.07, 6.45) is 3.02. The van der Waals surface area contributed by atoms with Crippen molar-refractivity contribution in [3.8, 4) is 17.2 Å². The molecule has 0 saturated carbocycles. The topological polar surface area (TPSA) is 94.5 Å². The van der Waals surface area contributed by atoms with E-state index in [9.17, 15) is 9.59 Å². The van der Waals surface area contributed by atoms with Crippen molar-refractivity contribution >= 4 is 17.5 Å². The van der Waals surface area contributed by atoms with Crippen LogP contribution in [-0.4, -0.2) is 29.8 Å². The minimum Gasteiger partial charge on any atom is -0.497 e. The molecule has 2 aromatic carbocycles. The third-order valence-corrected chi connectivity index (χ3v) is 4.17. The van der Waals surface area contributed by atoms with Gasteiger partial charge in [0.25, 0.3) is 5.56 Å². The van der Waals surface area contributed by atoms with Gasteiger partial charge in [0.05, 0.1) is 14.2 Å². The first-order valence-electron chi connectivity index (χ1n) is 8.87. The number of nitrogens with zero attached hydrogens (tertiary/aromatic N) is 2. The van der Waals surface area contributed by atoms with Gasteiger partial charge in [-0.15, -0.1) is 0 Å². The number of aromatic nitrogens is 2. The van der Waals surface area contributed by atoms with Gasteiger partial charge in [0.2, 0.25) is 5.82 Å². The molecule has 3 rings (SSSR count). The van der Waals surface area contributed by atoms with Crippen LogP contribution in [0.4, 0.5) is 16.3 Å². The molecule has 0 atom stereocenters. The monoisotopic (exact) mass is 394 g/mol. The summed E-state index contributed by atoms with van der Waals surface area (Å²) in [5.41, 5.74) is 2.78. The molecule has 2 N–H and O–H groups in total. The van der Waals surface area contributed by atoms with Gasteiger partial charge in [0, 0.05) is 42.0 Å². The molecule has 0 radical (unpaired) electrons. The molecule has 0 fully saturated rings. The van der Waals surface area contributed by atoms with Crippen molar-refractivity contribution in [1.82, 2.24) is 9.55 Å². The molecule has 0 bridgehead atoms. The highest BCUT2D eigenvalue weighted by Crippen LogP contribution is 2.25. The maximum absolute atomic E-state index is 12.8. The summed E-state index contributed by atoms with van der Waals surface area (Å²) in [4.78, 5) is 29.2. The van der Waals surface area contributed by atoms with Crippen LogP contribution in [0.25, 0.3) is 5.69 Å². The number of amides is 2. The molecule has 0 aliphatic heterocycles. The van der Waals surface area contributed by atoms with Crippen LogP contribution in [-0.2, 0) is 0 Å². The summed E-state index contributed by atoms with van der Waals surface area (Å²) < 4.78 is 11.8. The maximum Gasteiger partial charge on any atom is 0.325 e. The van der Waals surface area contributed by atoms with Crippen LogP contribution >= 0.6 is 0 Å². The first-order valence-corrected chi connectivity index (χ1v) is 8.87. The zero-order valence-electron chi connectivity index (χ0n) is 16.6. The summed E-state index contributed by atoms with van der Waals surface area (Å²) in [6.45, 7) is 3.91. The average Bonchev–Trinajstić information content (AvgIpc) is 2.68. The molecule has 0 spiro atoms. The molecule has 3 aromatic rings. The molecule has 0 saturated heterocycles. The number of hydrogen-bond donors (Lipinski definition) is 2. The molecule has 0 unspecified atom stereocenters. The summed E-state index contributed by atoms with van der Waals surface area (Å²) in [5, 5.41) is 5.14. The number of benzene rings is 2. The van der Waals surface area contributed by atoms with Gasteiger partial charge in [-0.25, -0.2) is 9.78 Å². The second kappa shape index (κ2) is 8.47. The highest BCUT2D eigenvalue weighted by Gasteiger charge is 2.12. The van der Waals surface area contributed by atoms with Gasteiger partial charge < -0.3 is 14.8 Å². The van der Waals surface area contributed by atoms with Crippen LogP contribution < -0.4 is 25.7 Å². The number of aryl methyl sites for hydroxylation is 2. The van der Waals surface area contributed by atoms with Crippen LogP contribution in [0.1, 0.15) is 11.1 Å². The zero-order chi connectivity index (χ0) is 21.0. The smallest absolute Gasteiger partial charge is 0.325 e. The lowest BCUT2D eigenvalue weighted by Crippen LogP contribution is -2.28. The summed E-state index contributed by atoms with van der Waals surface area (Å²) in [7, 11) is 3.03. The van der Waals surface area contributed by atoms with E-state index in [1.54, 1.807) is 24.4 Å². The van der Waals surface area contributed by atoms with E-state index < -0.39 is 11.6 Å². The second-order valence-corrected chi connectivity index (χ2v) is 6.48. The fraction of sp³-hybridized carbons (Fsp3) is 0.190. The van der Waals surface area contributed by atoms with Gasteiger partial charge >= 0.3 is 6.03 Å². The largest absolute Gasteiger partial charge is 0.497 e. The Morgan fingerprint density at radius 3 is 2.14 bits per heavy atom. The third-order valence-electron chi connectivity index (χ3n) is 4.17. The average molecular weight is 394 g/mol. The zero-order valence-corrected chi connectivity index (χ0v) is 16.6. The van der Waals surface area contributed by atoms with E-state index in [2.05, 4.69) is 15.6 Å². The Balaban J connectivity index is 1.84. The number of methoxy groups -OCH3 is 2. The van der Waals surface area contributed by atoms with Crippen LogP contribution in [0.2, 0.25) is 0 Å². The third kappa shape index (κ3) is 4.73. The molecule has 29 heavy (non-hydrogen) atoms. The van der Waals surface area contributed by atoms with E-state index >= 15 is 0 Å². The first-order chi connectivity index (χ1) is 13.9. The molecular formula is C21H22N4O4. The van der Waals surface area contributed by atoms with Crippen molar-refractivity contribution in [1.29, 1.82) is 0 Å². The van der Waals surface area contributed by atoms with Gasteiger partial charge in [0.1, 0.15) is 11.5 Å². The molecule has 2 amide bonds. The predicted octanol–water partition coefficient (Wildman–Crippen LogP) is 3.51. The number of carbonyl (C=O) groups excluding carboxylic acids is 1. The van der Waals surface area contributed by atoms with E-state index in [0.717, 1.165) is 11.1 Å². The highest BCUT2D eigenvalue weighted by atomic mass is 16.5. The highest BCUT2D eigenvalue weighted by molar-refractivity contribution is 5.99. The minimum absolute atomic E-state index is 0.0842. The van der Waals surface area contributed by atoms with Crippen molar-refractivity contribution in [2.24, 2.45) is 0 Å². The molecule has 150 valence electrons. The number of carbonyl (C=O) groups is 1. The Labute approximate surface area is 168 Å². The summed E-state index contributed by atoms with van der Waals surface area (Å²) in [6, 6.07) is 10.1. The Morgan fingerprint density at radius 1 is 0.931 bits per heavy atom. The minimum atomic E-state index is -0.608. The molecule has 1 aromatic heterocycles. The first kappa shape index (κ1) is 19.9.